The molecule has 8 heteroatoms. The number of carbonyl (C=O) groups excluding carboxylic acids is 2. The predicted molar refractivity (Wildman–Crippen MR) is 110 cm³/mol. The summed E-state index contributed by atoms with van der Waals surface area (Å²) in [5.41, 5.74) is 1.41. The highest BCUT2D eigenvalue weighted by atomic mass is 32.2. The van der Waals surface area contributed by atoms with Crippen LogP contribution < -0.4 is 10.2 Å². The lowest BCUT2D eigenvalue weighted by atomic mass is 10.1. The summed E-state index contributed by atoms with van der Waals surface area (Å²) in [6, 6.07) is 14.9. The van der Waals surface area contributed by atoms with Crippen molar-refractivity contribution in [2.24, 2.45) is 0 Å². The van der Waals surface area contributed by atoms with Gasteiger partial charge in [-0.05, 0) is 54.1 Å². The van der Waals surface area contributed by atoms with Crippen molar-refractivity contribution >= 4 is 35.0 Å². The molecule has 1 atom stereocenters. The Morgan fingerprint density at radius 1 is 0.933 bits per heavy atom. The number of benzene rings is 3. The first-order valence-corrected chi connectivity index (χ1v) is 10.0. The summed E-state index contributed by atoms with van der Waals surface area (Å²) >= 11 is 1.30. The summed E-state index contributed by atoms with van der Waals surface area (Å²) < 4.78 is 40.9. The molecule has 1 heterocycles. The van der Waals surface area contributed by atoms with E-state index in [4.69, 9.17) is 0 Å². The summed E-state index contributed by atoms with van der Waals surface area (Å²) in [4.78, 5) is 25.8. The van der Waals surface area contributed by atoms with Crippen molar-refractivity contribution in [1.29, 1.82) is 0 Å². The van der Waals surface area contributed by atoms with E-state index < -0.39 is 28.7 Å². The SMILES string of the molecule is O=C(Nc1ccc([C@@H]2SCC(=O)N2c2cc(F)ccc2F)cc1)c1ccc(F)cc1. The zero-order valence-corrected chi connectivity index (χ0v) is 16.3. The second kappa shape index (κ2) is 8.23. The van der Waals surface area contributed by atoms with Crippen molar-refractivity contribution < 1.29 is 22.8 Å². The summed E-state index contributed by atoms with van der Waals surface area (Å²) in [5.74, 6) is -2.31. The minimum absolute atomic E-state index is 0.108. The highest BCUT2D eigenvalue weighted by molar-refractivity contribution is 8.00. The molecule has 2 amide bonds. The van der Waals surface area contributed by atoms with Crippen molar-refractivity contribution in [3.63, 3.8) is 0 Å². The average Bonchev–Trinajstić information content (AvgIpc) is 3.12. The smallest absolute Gasteiger partial charge is 0.255 e. The van der Waals surface area contributed by atoms with Gasteiger partial charge in [0.15, 0.2) is 0 Å². The quantitative estimate of drug-likeness (QED) is 0.627. The first-order chi connectivity index (χ1) is 14.4. The molecule has 0 unspecified atom stereocenters. The van der Waals surface area contributed by atoms with Gasteiger partial charge in [0.25, 0.3) is 5.91 Å². The predicted octanol–water partition coefficient (Wildman–Crippen LogP) is 5.13. The minimum Gasteiger partial charge on any atom is -0.322 e. The van der Waals surface area contributed by atoms with E-state index in [1.54, 1.807) is 24.3 Å². The molecule has 4 nitrogen and oxygen atoms in total. The second-order valence-corrected chi connectivity index (χ2v) is 7.67. The summed E-state index contributed by atoms with van der Waals surface area (Å²) in [7, 11) is 0. The number of halogens is 3. The Morgan fingerprint density at radius 2 is 1.60 bits per heavy atom. The molecule has 1 saturated heterocycles. The maximum absolute atomic E-state index is 14.2. The molecule has 1 N–H and O–H groups in total. The molecule has 1 aliphatic heterocycles. The third-order valence-electron chi connectivity index (χ3n) is 4.60. The van der Waals surface area contributed by atoms with Crippen molar-refractivity contribution in [2.75, 3.05) is 16.0 Å². The van der Waals surface area contributed by atoms with Crippen LogP contribution in [0.15, 0.2) is 66.7 Å². The number of nitrogens with one attached hydrogen (secondary N) is 1. The van der Waals surface area contributed by atoms with Gasteiger partial charge in [0.2, 0.25) is 5.91 Å². The van der Waals surface area contributed by atoms with Gasteiger partial charge in [-0.25, -0.2) is 13.2 Å². The lowest BCUT2D eigenvalue weighted by Crippen LogP contribution is -2.28. The Morgan fingerprint density at radius 3 is 2.30 bits per heavy atom. The molecule has 0 radical (unpaired) electrons. The highest BCUT2D eigenvalue weighted by Gasteiger charge is 2.35. The van der Waals surface area contributed by atoms with Gasteiger partial charge in [0.05, 0.1) is 11.4 Å². The fraction of sp³-hybridized carbons (Fsp3) is 0.0909. The van der Waals surface area contributed by atoms with E-state index in [2.05, 4.69) is 5.32 Å². The molecular weight excluding hydrogens is 413 g/mol. The second-order valence-electron chi connectivity index (χ2n) is 6.61. The summed E-state index contributed by atoms with van der Waals surface area (Å²) in [5, 5.41) is 2.19. The molecule has 1 aliphatic rings. The van der Waals surface area contributed by atoms with E-state index >= 15 is 0 Å². The number of amides is 2. The number of carbonyl (C=O) groups is 2. The van der Waals surface area contributed by atoms with Gasteiger partial charge < -0.3 is 5.32 Å². The highest BCUT2D eigenvalue weighted by Crippen LogP contribution is 2.42. The van der Waals surface area contributed by atoms with Crippen LogP contribution in [0.3, 0.4) is 0 Å². The maximum Gasteiger partial charge on any atom is 0.255 e. The number of anilines is 2. The van der Waals surface area contributed by atoms with E-state index in [0.29, 0.717) is 16.8 Å². The molecule has 1 fully saturated rings. The number of hydrogen-bond acceptors (Lipinski definition) is 3. The van der Waals surface area contributed by atoms with E-state index in [1.165, 1.54) is 40.9 Å². The Balaban J connectivity index is 1.54. The lowest BCUT2D eigenvalue weighted by molar-refractivity contribution is -0.115. The molecule has 3 aromatic carbocycles. The standard InChI is InChI=1S/C22H15F3N2O2S/c23-15-5-1-13(2-6-15)21(29)26-17-8-3-14(4-9-17)22-27(20(28)12-30-22)19-11-16(24)7-10-18(19)25/h1-11,22H,12H2,(H,26,29)/t22-/m0/s1. The van der Waals surface area contributed by atoms with Crippen molar-refractivity contribution in [3.8, 4) is 0 Å². The van der Waals surface area contributed by atoms with Crippen LogP contribution >= 0.6 is 11.8 Å². The molecule has 152 valence electrons. The molecule has 4 rings (SSSR count). The summed E-state index contributed by atoms with van der Waals surface area (Å²) in [6.07, 6.45) is 0. The number of rotatable bonds is 4. The number of hydrogen-bond donors (Lipinski definition) is 1. The molecule has 0 saturated carbocycles. The van der Waals surface area contributed by atoms with Gasteiger partial charge in [0, 0.05) is 17.3 Å². The van der Waals surface area contributed by atoms with Crippen molar-refractivity contribution in [3.05, 3.63) is 95.3 Å². The van der Waals surface area contributed by atoms with E-state index in [-0.39, 0.29) is 17.3 Å². The van der Waals surface area contributed by atoms with Crippen LogP contribution in [0.25, 0.3) is 0 Å². The fourth-order valence-electron chi connectivity index (χ4n) is 3.14. The van der Waals surface area contributed by atoms with Gasteiger partial charge in [-0.1, -0.05) is 12.1 Å². The molecule has 0 bridgehead atoms. The Bertz CT molecular complexity index is 1100. The zero-order valence-electron chi connectivity index (χ0n) is 15.4. The van der Waals surface area contributed by atoms with E-state index in [0.717, 1.165) is 18.2 Å². The first kappa shape index (κ1) is 20.0. The van der Waals surface area contributed by atoms with Gasteiger partial charge in [-0.15, -0.1) is 11.8 Å². The van der Waals surface area contributed by atoms with Gasteiger partial charge >= 0.3 is 0 Å². The number of nitrogens with zero attached hydrogens (tertiary/aromatic N) is 1. The maximum atomic E-state index is 14.2. The van der Waals surface area contributed by atoms with Crippen LogP contribution in [0, 0.1) is 17.5 Å². The fourth-order valence-corrected chi connectivity index (χ4v) is 4.31. The van der Waals surface area contributed by atoms with Crippen LogP contribution in [-0.4, -0.2) is 17.6 Å². The zero-order chi connectivity index (χ0) is 21.3. The largest absolute Gasteiger partial charge is 0.322 e. The normalized spacial score (nSPS) is 16.0. The average molecular weight is 428 g/mol. The van der Waals surface area contributed by atoms with Crippen molar-refractivity contribution in [2.45, 2.75) is 5.37 Å². The first-order valence-electron chi connectivity index (χ1n) is 8.98. The van der Waals surface area contributed by atoms with Crippen LogP contribution in [-0.2, 0) is 4.79 Å². The number of thioether (sulfide) groups is 1. The minimum atomic E-state index is -0.680. The van der Waals surface area contributed by atoms with Gasteiger partial charge in [-0.3, -0.25) is 14.5 Å². The third kappa shape index (κ3) is 4.04. The Kier molecular flexibility index (Phi) is 5.50. The van der Waals surface area contributed by atoms with Crippen molar-refractivity contribution in [1.82, 2.24) is 0 Å². The van der Waals surface area contributed by atoms with Gasteiger partial charge in [-0.2, -0.15) is 0 Å². The van der Waals surface area contributed by atoms with Crippen LogP contribution in [0.4, 0.5) is 24.5 Å². The molecule has 3 aromatic rings. The molecule has 0 aromatic heterocycles. The molecular formula is C22H15F3N2O2S. The third-order valence-corrected chi connectivity index (χ3v) is 5.81. The van der Waals surface area contributed by atoms with Crippen LogP contribution in [0.2, 0.25) is 0 Å². The summed E-state index contributed by atoms with van der Waals surface area (Å²) in [6.45, 7) is 0. The van der Waals surface area contributed by atoms with Crippen LogP contribution in [0.1, 0.15) is 21.3 Å². The van der Waals surface area contributed by atoms with E-state index in [9.17, 15) is 22.8 Å². The Labute approximate surface area is 174 Å². The Hall–Kier alpha value is -3.26. The van der Waals surface area contributed by atoms with E-state index in [1.807, 2.05) is 0 Å². The molecule has 0 aliphatic carbocycles. The molecule has 30 heavy (non-hydrogen) atoms. The topological polar surface area (TPSA) is 49.4 Å². The van der Waals surface area contributed by atoms with Crippen LogP contribution in [0.5, 0.6) is 0 Å². The lowest BCUT2D eigenvalue weighted by Gasteiger charge is -2.25. The molecule has 0 spiro atoms. The monoisotopic (exact) mass is 428 g/mol. The van der Waals surface area contributed by atoms with Gasteiger partial charge in [0.1, 0.15) is 22.8 Å².